The van der Waals surface area contributed by atoms with Crippen LogP contribution in [0.3, 0.4) is 0 Å². The lowest BCUT2D eigenvalue weighted by Crippen LogP contribution is -2.54. The standard InChI is InChI=1S/C25H30F9N3O2/c1-16-3-8-36(14-16)19-12-17(11-18(13-19)23(26,27)28)15-37-7-2-4-22(37)5-9-35(10-6-22)21(38)39-20(24(29,30)31)25(32,33)34/h11-13,16,20H,2-10,14-15H2,1H3. The van der Waals surface area contributed by atoms with Crippen LogP contribution in [0.5, 0.6) is 0 Å². The molecule has 0 saturated carbocycles. The lowest BCUT2D eigenvalue weighted by atomic mass is 9.84. The zero-order valence-electron chi connectivity index (χ0n) is 21.2. The number of amides is 1. The molecular weight excluding hydrogens is 545 g/mol. The molecule has 3 aliphatic heterocycles. The van der Waals surface area contributed by atoms with E-state index in [9.17, 15) is 44.3 Å². The Morgan fingerprint density at radius 1 is 0.949 bits per heavy atom. The average Bonchev–Trinajstić information content (AvgIpc) is 3.42. The van der Waals surface area contributed by atoms with Gasteiger partial charge in [-0.1, -0.05) is 6.92 Å². The van der Waals surface area contributed by atoms with Gasteiger partial charge in [0.2, 0.25) is 0 Å². The van der Waals surface area contributed by atoms with Crippen LogP contribution in [-0.2, 0) is 17.5 Å². The van der Waals surface area contributed by atoms with E-state index in [1.54, 1.807) is 6.07 Å². The summed E-state index contributed by atoms with van der Waals surface area (Å²) in [6.07, 6.45) is -19.3. The minimum Gasteiger partial charge on any atom is -0.426 e. The van der Waals surface area contributed by atoms with Gasteiger partial charge in [-0.3, -0.25) is 4.90 Å². The number of likely N-dealkylation sites (tertiary alicyclic amines) is 2. The van der Waals surface area contributed by atoms with E-state index in [2.05, 4.69) is 4.74 Å². The van der Waals surface area contributed by atoms with Gasteiger partial charge in [0.05, 0.1) is 5.56 Å². The molecule has 3 aliphatic rings. The number of anilines is 1. The van der Waals surface area contributed by atoms with Gasteiger partial charge in [0.25, 0.3) is 6.10 Å². The zero-order chi connectivity index (χ0) is 28.8. The predicted octanol–water partition coefficient (Wildman–Crippen LogP) is 6.61. The van der Waals surface area contributed by atoms with Crippen LogP contribution in [-0.4, -0.2) is 72.6 Å². The normalized spacial score (nSPS) is 22.8. The van der Waals surface area contributed by atoms with Crippen LogP contribution in [0.4, 0.5) is 50.0 Å². The predicted molar refractivity (Wildman–Crippen MR) is 123 cm³/mol. The minimum atomic E-state index is -5.80. The van der Waals surface area contributed by atoms with Gasteiger partial charge in [-0.15, -0.1) is 0 Å². The van der Waals surface area contributed by atoms with Crippen LogP contribution in [0.15, 0.2) is 18.2 Å². The van der Waals surface area contributed by atoms with Crippen LogP contribution in [0, 0.1) is 5.92 Å². The quantitative estimate of drug-likeness (QED) is 0.379. The summed E-state index contributed by atoms with van der Waals surface area (Å²) in [5.41, 5.74) is -0.301. The van der Waals surface area contributed by atoms with E-state index >= 15 is 0 Å². The number of hydrogen-bond donors (Lipinski definition) is 0. The molecule has 220 valence electrons. The Labute approximate surface area is 219 Å². The SMILES string of the molecule is CC1CCN(c2cc(CN3CCCC34CCN(C(=O)OC(C(F)(F)F)C(F)(F)F)CC4)cc(C(F)(F)F)c2)C1. The topological polar surface area (TPSA) is 36.0 Å². The number of carbonyl (C=O) groups is 1. The van der Waals surface area contributed by atoms with E-state index in [1.165, 1.54) is 0 Å². The number of carbonyl (C=O) groups excluding carboxylic acids is 1. The van der Waals surface area contributed by atoms with Gasteiger partial charge in [-0.25, -0.2) is 4.79 Å². The van der Waals surface area contributed by atoms with Crippen LogP contribution in [0.25, 0.3) is 0 Å². The van der Waals surface area contributed by atoms with Crippen LogP contribution in [0.1, 0.15) is 50.2 Å². The first-order valence-electron chi connectivity index (χ1n) is 12.8. The molecule has 1 aromatic rings. The van der Waals surface area contributed by atoms with E-state index in [1.807, 2.05) is 16.7 Å². The van der Waals surface area contributed by atoms with Crippen molar-refractivity contribution in [2.45, 2.75) is 75.7 Å². The molecule has 1 amide bonds. The molecule has 1 spiro atoms. The molecule has 3 saturated heterocycles. The summed E-state index contributed by atoms with van der Waals surface area (Å²) in [7, 11) is 0. The fourth-order valence-corrected chi connectivity index (χ4v) is 5.91. The number of benzene rings is 1. The Bertz CT molecular complexity index is 1020. The second-order valence-electron chi connectivity index (χ2n) is 10.8. The van der Waals surface area contributed by atoms with Crippen molar-refractivity contribution in [2.75, 3.05) is 37.6 Å². The molecule has 39 heavy (non-hydrogen) atoms. The number of alkyl halides is 9. The molecule has 4 rings (SSSR count). The number of rotatable bonds is 4. The van der Waals surface area contributed by atoms with Gasteiger partial charge in [0.1, 0.15) is 0 Å². The van der Waals surface area contributed by atoms with Gasteiger partial charge < -0.3 is 14.5 Å². The molecule has 3 fully saturated rings. The highest BCUT2D eigenvalue weighted by molar-refractivity contribution is 5.68. The van der Waals surface area contributed by atoms with Gasteiger partial charge in [-0.2, -0.15) is 39.5 Å². The summed E-state index contributed by atoms with van der Waals surface area (Å²) in [6.45, 7) is 3.87. The van der Waals surface area contributed by atoms with Crippen molar-refractivity contribution < 1.29 is 49.0 Å². The zero-order valence-corrected chi connectivity index (χ0v) is 21.2. The molecule has 1 aromatic carbocycles. The summed E-state index contributed by atoms with van der Waals surface area (Å²) in [5, 5.41) is 0. The summed E-state index contributed by atoms with van der Waals surface area (Å²) in [6, 6.07) is 4.02. The van der Waals surface area contributed by atoms with Gasteiger partial charge in [0.15, 0.2) is 0 Å². The first-order chi connectivity index (χ1) is 18.0. The number of hydrogen-bond acceptors (Lipinski definition) is 4. The van der Waals surface area contributed by atoms with E-state index in [0.29, 0.717) is 43.2 Å². The van der Waals surface area contributed by atoms with E-state index in [4.69, 9.17) is 0 Å². The van der Waals surface area contributed by atoms with Crippen LogP contribution in [0.2, 0.25) is 0 Å². The maximum Gasteiger partial charge on any atom is 0.434 e. The Kier molecular flexibility index (Phi) is 8.01. The first-order valence-corrected chi connectivity index (χ1v) is 12.8. The Morgan fingerprint density at radius 3 is 2.13 bits per heavy atom. The maximum absolute atomic E-state index is 13.7. The largest absolute Gasteiger partial charge is 0.434 e. The highest BCUT2D eigenvalue weighted by Crippen LogP contribution is 2.42. The van der Waals surface area contributed by atoms with Gasteiger partial charge >= 0.3 is 24.6 Å². The third-order valence-electron chi connectivity index (χ3n) is 7.97. The van der Waals surface area contributed by atoms with Crippen molar-refractivity contribution in [3.8, 4) is 0 Å². The molecule has 5 nitrogen and oxygen atoms in total. The number of piperidine rings is 1. The lowest BCUT2D eigenvalue weighted by Gasteiger charge is -2.45. The molecule has 0 N–H and O–H groups in total. The maximum atomic E-state index is 13.7. The van der Waals surface area contributed by atoms with Crippen LogP contribution >= 0.6 is 0 Å². The average molecular weight is 576 g/mol. The van der Waals surface area contributed by atoms with Crippen molar-refractivity contribution in [3.05, 3.63) is 29.3 Å². The number of nitrogens with zero attached hydrogens (tertiary/aromatic N) is 3. The van der Waals surface area contributed by atoms with E-state index in [-0.39, 0.29) is 32.5 Å². The smallest absolute Gasteiger partial charge is 0.426 e. The second kappa shape index (κ2) is 10.5. The second-order valence-corrected chi connectivity index (χ2v) is 10.8. The monoisotopic (exact) mass is 575 g/mol. The molecule has 14 heteroatoms. The number of halogens is 9. The number of ether oxygens (including phenoxy) is 1. The van der Waals surface area contributed by atoms with Crippen molar-refractivity contribution in [1.29, 1.82) is 0 Å². The molecule has 0 radical (unpaired) electrons. The molecule has 1 atom stereocenters. The highest BCUT2D eigenvalue weighted by Gasteiger charge is 2.60. The fourth-order valence-electron chi connectivity index (χ4n) is 5.91. The fraction of sp³-hybridized carbons (Fsp3) is 0.720. The Hall–Kier alpha value is -2.38. The van der Waals surface area contributed by atoms with Crippen molar-refractivity contribution >= 4 is 11.8 Å². The van der Waals surface area contributed by atoms with E-state index in [0.717, 1.165) is 29.9 Å². The molecule has 3 heterocycles. The molecule has 1 unspecified atom stereocenters. The summed E-state index contributed by atoms with van der Waals surface area (Å²) < 4.78 is 122. The summed E-state index contributed by atoms with van der Waals surface area (Å²) in [4.78, 5) is 17.0. The molecule has 0 aromatic heterocycles. The van der Waals surface area contributed by atoms with Crippen molar-refractivity contribution in [3.63, 3.8) is 0 Å². The summed E-state index contributed by atoms with van der Waals surface area (Å²) in [5.74, 6) is 0.365. The highest BCUT2D eigenvalue weighted by atomic mass is 19.4. The Morgan fingerprint density at radius 2 is 1.59 bits per heavy atom. The summed E-state index contributed by atoms with van der Waals surface area (Å²) >= 11 is 0. The Balaban J connectivity index is 1.46. The van der Waals surface area contributed by atoms with Gasteiger partial charge in [-0.05, 0) is 68.3 Å². The van der Waals surface area contributed by atoms with Crippen molar-refractivity contribution in [1.82, 2.24) is 9.80 Å². The molecular formula is C25H30F9N3O2. The molecule has 0 bridgehead atoms. The lowest BCUT2D eigenvalue weighted by molar-refractivity contribution is -0.308. The third kappa shape index (κ3) is 6.68. The molecule has 0 aliphatic carbocycles. The first kappa shape index (κ1) is 29.6. The van der Waals surface area contributed by atoms with E-state index < -0.39 is 41.8 Å². The van der Waals surface area contributed by atoms with Gasteiger partial charge in [0, 0.05) is 44.0 Å². The van der Waals surface area contributed by atoms with Crippen molar-refractivity contribution in [2.24, 2.45) is 5.92 Å². The van der Waals surface area contributed by atoms with Crippen LogP contribution < -0.4 is 4.90 Å². The minimum absolute atomic E-state index is 0.128. The third-order valence-corrected chi connectivity index (χ3v) is 7.97.